The summed E-state index contributed by atoms with van der Waals surface area (Å²) in [6.07, 6.45) is 6.69. The number of hydrogen-bond donors (Lipinski definition) is 1. The molecule has 0 radical (unpaired) electrons. The van der Waals surface area contributed by atoms with Gasteiger partial charge in [-0.25, -0.2) is 8.78 Å². The van der Waals surface area contributed by atoms with Gasteiger partial charge in [0.2, 0.25) is 0 Å². The SMILES string of the molecule is COc1nc(N2CCCCC3CC32)c2cnc(-c3cc(N)cc(Cl)c3C(F)(F)F)c(F)c2n1.F/C=C1/CC2N(CCC23CC3)C1. The summed E-state index contributed by atoms with van der Waals surface area (Å²) in [6, 6.07) is 2.91. The zero-order valence-corrected chi connectivity index (χ0v) is 25.6. The predicted molar refractivity (Wildman–Crippen MR) is 162 cm³/mol. The van der Waals surface area contributed by atoms with E-state index in [4.69, 9.17) is 22.1 Å². The van der Waals surface area contributed by atoms with Crippen LogP contribution in [0.25, 0.3) is 22.2 Å². The molecule has 13 heteroatoms. The summed E-state index contributed by atoms with van der Waals surface area (Å²) in [7, 11) is 1.35. The molecule has 2 aliphatic carbocycles. The van der Waals surface area contributed by atoms with Crippen molar-refractivity contribution in [2.45, 2.75) is 69.6 Å². The summed E-state index contributed by atoms with van der Waals surface area (Å²) in [6.45, 7) is 2.85. The Morgan fingerprint density at radius 2 is 1.93 bits per heavy atom. The van der Waals surface area contributed by atoms with Gasteiger partial charge in [0, 0.05) is 42.6 Å². The standard InChI is InChI=1S/C22H20ClF4N5O.C10H14FN/c1-33-21-30-19-13(20(31-21)32-5-3-2-4-10-6-15(10)32)9-29-18(17(19)24)12-7-11(28)8-14(23)16(12)22(25,26)27;11-6-8-5-9-10(1-2-10)3-4-12(9)7-8/h7-10,15H,2-6,28H2,1H3;6,9H,1-5,7H2/b;8-6-. The van der Waals surface area contributed by atoms with Gasteiger partial charge < -0.3 is 15.4 Å². The molecule has 1 aromatic carbocycles. The van der Waals surface area contributed by atoms with Crippen molar-refractivity contribution in [3.8, 4) is 17.3 Å². The quantitative estimate of drug-likeness (QED) is 0.232. The van der Waals surface area contributed by atoms with E-state index in [1.54, 1.807) is 0 Å². The van der Waals surface area contributed by atoms with Crippen LogP contribution in [0.3, 0.4) is 0 Å². The maximum absolute atomic E-state index is 15.8. The number of rotatable bonds is 3. The third kappa shape index (κ3) is 5.47. The molecule has 3 aliphatic heterocycles. The van der Waals surface area contributed by atoms with E-state index >= 15 is 4.39 Å². The molecule has 7 nitrogen and oxygen atoms in total. The Bertz CT molecular complexity index is 1680. The van der Waals surface area contributed by atoms with E-state index in [2.05, 4.69) is 24.8 Å². The summed E-state index contributed by atoms with van der Waals surface area (Å²) in [5.41, 5.74) is 4.86. The van der Waals surface area contributed by atoms with E-state index in [0.717, 1.165) is 69.2 Å². The third-order valence-corrected chi connectivity index (χ3v) is 10.5. The molecule has 3 saturated heterocycles. The molecule has 2 saturated carbocycles. The zero-order chi connectivity index (χ0) is 31.7. The Morgan fingerprint density at radius 1 is 1.13 bits per heavy atom. The lowest BCUT2D eigenvalue weighted by Crippen LogP contribution is -2.28. The summed E-state index contributed by atoms with van der Waals surface area (Å²) in [5, 5.41) is -0.322. The summed E-state index contributed by atoms with van der Waals surface area (Å²) in [4.78, 5) is 17.2. The van der Waals surface area contributed by atoms with Crippen LogP contribution in [0.2, 0.25) is 5.02 Å². The van der Waals surface area contributed by atoms with Crippen LogP contribution in [0.4, 0.5) is 33.5 Å². The maximum atomic E-state index is 15.8. The zero-order valence-electron chi connectivity index (χ0n) is 24.8. The molecule has 3 aromatic rings. The number of pyridine rings is 1. The van der Waals surface area contributed by atoms with Gasteiger partial charge in [0.1, 0.15) is 17.0 Å². The number of alkyl halides is 3. The highest BCUT2D eigenvalue weighted by atomic mass is 35.5. The molecule has 5 fully saturated rings. The van der Waals surface area contributed by atoms with Crippen LogP contribution in [0.15, 0.2) is 30.2 Å². The van der Waals surface area contributed by atoms with Gasteiger partial charge in [-0.3, -0.25) is 9.88 Å². The Hall–Kier alpha value is -3.25. The number of anilines is 2. The number of fused-ring (bicyclic) bond motifs is 4. The maximum Gasteiger partial charge on any atom is 0.418 e. The average molecular weight is 649 g/mol. The predicted octanol–water partition coefficient (Wildman–Crippen LogP) is 7.57. The topological polar surface area (TPSA) is 80.4 Å². The van der Waals surface area contributed by atoms with E-state index in [1.807, 2.05) is 0 Å². The number of benzene rings is 1. The van der Waals surface area contributed by atoms with Gasteiger partial charge in [-0.15, -0.1) is 0 Å². The van der Waals surface area contributed by atoms with Crippen molar-refractivity contribution in [2.75, 3.05) is 37.4 Å². The van der Waals surface area contributed by atoms with Crippen molar-refractivity contribution in [1.82, 2.24) is 19.9 Å². The van der Waals surface area contributed by atoms with Gasteiger partial charge in [0.15, 0.2) is 5.82 Å². The molecular formula is C32H34ClF5N6O. The minimum Gasteiger partial charge on any atom is -0.467 e. The molecule has 3 unspecified atom stereocenters. The minimum atomic E-state index is -4.84. The Labute approximate surface area is 262 Å². The van der Waals surface area contributed by atoms with Crippen LogP contribution in [0, 0.1) is 17.2 Å². The van der Waals surface area contributed by atoms with E-state index in [-0.39, 0.29) is 17.2 Å². The van der Waals surface area contributed by atoms with Crippen molar-refractivity contribution in [3.05, 3.63) is 46.6 Å². The van der Waals surface area contributed by atoms with Gasteiger partial charge >= 0.3 is 12.2 Å². The van der Waals surface area contributed by atoms with Crippen molar-refractivity contribution >= 4 is 34.0 Å². The van der Waals surface area contributed by atoms with Crippen LogP contribution in [-0.4, -0.2) is 58.7 Å². The highest BCUT2D eigenvalue weighted by Gasteiger charge is 2.57. The van der Waals surface area contributed by atoms with Gasteiger partial charge in [-0.2, -0.15) is 23.1 Å². The van der Waals surface area contributed by atoms with Crippen molar-refractivity contribution < 1.29 is 26.7 Å². The highest BCUT2D eigenvalue weighted by Crippen LogP contribution is 2.60. The lowest BCUT2D eigenvalue weighted by molar-refractivity contribution is -0.137. The normalized spacial score (nSPS) is 26.0. The molecule has 5 heterocycles. The van der Waals surface area contributed by atoms with Crippen LogP contribution < -0.4 is 15.4 Å². The second-order valence-corrected chi connectivity index (χ2v) is 13.4. The first-order valence-corrected chi connectivity index (χ1v) is 15.8. The van der Waals surface area contributed by atoms with Crippen LogP contribution in [0.5, 0.6) is 6.01 Å². The number of nitrogen functional groups attached to an aromatic ring is 1. The van der Waals surface area contributed by atoms with Crippen molar-refractivity contribution in [2.24, 2.45) is 11.3 Å². The number of halogens is 6. The Morgan fingerprint density at radius 3 is 2.64 bits per heavy atom. The molecule has 240 valence electrons. The largest absolute Gasteiger partial charge is 0.467 e. The molecule has 2 N–H and O–H groups in total. The van der Waals surface area contributed by atoms with Crippen LogP contribution in [0.1, 0.15) is 56.9 Å². The number of methoxy groups -OCH3 is 1. The average Bonchev–Trinajstić information content (AvgIpc) is 3.88. The van der Waals surface area contributed by atoms with E-state index in [0.29, 0.717) is 34.6 Å². The van der Waals surface area contributed by atoms with E-state index < -0.39 is 33.8 Å². The molecule has 1 spiro atoms. The number of nitrogens with zero attached hydrogens (tertiary/aromatic N) is 5. The third-order valence-electron chi connectivity index (χ3n) is 10.2. The lowest BCUT2D eigenvalue weighted by atomic mass is 9.94. The van der Waals surface area contributed by atoms with Gasteiger partial charge in [0.05, 0.1) is 29.4 Å². The molecule has 3 atom stereocenters. The fourth-order valence-electron chi connectivity index (χ4n) is 7.67. The van der Waals surface area contributed by atoms with Gasteiger partial charge in [-0.1, -0.05) is 18.0 Å². The first-order valence-electron chi connectivity index (χ1n) is 15.4. The minimum absolute atomic E-state index is 0.0467. The first-order chi connectivity index (χ1) is 21.5. The van der Waals surface area contributed by atoms with Crippen molar-refractivity contribution in [1.29, 1.82) is 0 Å². The van der Waals surface area contributed by atoms with Crippen LogP contribution >= 0.6 is 11.6 Å². The van der Waals surface area contributed by atoms with Gasteiger partial charge in [-0.05, 0) is 80.5 Å². The second-order valence-electron chi connectivity index (χ2n) is 13.0. The van der Waals surface area contributed by atoms with E-state index in [1.165, 1.54) is 39.1 Å². The molecule has 0 bridgehead atoms. The van der Waals surface area contributed by atoms with Crippen molar-refractivity contribution in [3.63, 3.8) is 0 Å². The Kier molecular flexibility index (Phi) is 7.58. The van der Waals surface area contributed by atoms with E-state index in [9.17, 15) is 17.6 Å². The number of aromatic nitrogens is 3. The first kappa shape index (κ1) is 30.4. The summed E-state index contributed by atoms with van der Waals surface area (Å²) < 4.78 is 74.5. The Balaban J connectivity index is 0.000000224. The summed E-state index contributed by atoms with van der Waals surface area (Å²) >= 11 is 5.85. The smallest absolute Gasteiger partial charge is 0.418 e. The number of ether oxygens (including phenoxy) is 1. The highest BCUT2D eigenvalue weighted by molar-refractivity contribution is 6.32. The number of hydrogen-bond acceptors (Lipinski definition) is 7. The lowest BCUT2D eigenvalue weighted by Gasteiger charge is -2.24. The number of nitrogens with two attached hydrogens (primary N) is 1. The fourth-order valence-corrected chi connectivity index (χ4v) is 8.01. The molecule has 5 aliphatic rings. The molecule has 2 aromatic heterocycles. The molecular weight excluding hydrogens is 615 g/mol. The fraction of sp³-hybridized carbons (Fsp3) is 0.531. The van der Waals surface area contributed by atoms with Crippen LogP contribution in [-0.2, 0) is 6.18 Å². The monoisotopic (exact) mass is 648 g/mol. The molecule has 8 rings (SSSR count). The van der Waals surface area contributed by atoms with Gasteiger partial charge in [0.25, 0.3) is 0 Å². The second kappa shape index (κ2) is 11.2. The summed E-state index contributed by atoms with van der Waals surface area (Å²) in [5.74, 6) is 0.0130. The molecule has 0 amide bonds. The molecule has 45 heavy (non-hydrogen) atoms.